The van der Waals surface area contributed by atoms with Crippen LogP contribution in [-0.4, -0.2) is 25.5 Å². The first-order chi connectivity index (χ1) is 5.94. The third kappa shape index (κ3) is 4.62. The van der Waals surface area contributed by atoms with Crippen molar-refractivity contribution in [2.75, 3.05) is 5.75 Å². The Morgan fingerprint density at radius 1 is 1.31 bits per heavy atom. The predicted molar refractivity (Wildman–Crippen MR) is 56.4 cm³/mol. The number of hydrogen-bond acceptors (Lipinski definition) is 3. The Labute approximate surface area is 81.6 Å². The van der Waals surface area contributed by atoms with Gasteiger partial charge in [0.1, 0.15) is 0 Å². The summed E-state index contributed by atoms with van der Waals surface area (Å²) in [6, 6.07) is -0.204. The van der Waals surface area contributed by atoms with Gasteiger partial charge >= 0.3 is 0 Å². The summed E-state index contributed by atoms with van der Waals surface area (Å²) >= 11 is 0. The zero-order chi connectivity index (χ0) is 10.5. The molecular weight excluding hydrogens is 186 g/mol. The molecule has 0 radical (unpaired) electrons. The largest absolute Gasteiger partial charge is 0.327 e. The molecule has 0 aromatic rings. The van der Waals surface area contributed by atoms with Crippen LogP contribution >= 0.6 is 0 Å². The topological polar surface area (TPSA) is 60.2 Å². The lowest BCUT2D eigenvalue weighted by Crippen LogP contribution is -2.33. The van der Waals surface area contributed by atoms with Crippen LogP contribution in [0.15, 0.2) is 0 Å². The first kappa shape index (κ1) is 12.9. The van der Waals surface area contributed by atoms with Crippen LogP contribution in [-0.2, 0) is 9.84 Å². The fraction of sp³-hybridized carbons (Fsp3) is 1.00. The zero-order valence-corrected chi connectivity index (χ0v) is 9.60. The van der Waals surface area contributed by atoms with E-state index >= 15 is 0 Å². The molecular formula is C9H21NO2S. The highest BCUT2D eigenvalue weighted by Crippen LogP contribution is 2.10. The molecule has 0 fully saturated rings. The minimum Gasteiger partial charge on any atom is -0.327 e. The summed E-state index contributed by atoms with van der Waals surface area (Å²) in [5.74, 6) is 0.130. The Balaban J connectivity index is 4.23. The first-order valence-electron chi connectivity index (χ1n) is 4.91. The van der Waals surface area contributed by atoms with E-state index in [0.717, 1.165) is 19.3 Å². The van der Waals surface area contributed by atoms with Crippen molar-refractivity contribution in [3.05, 3.63) is 0 Å². The van der Waals surface area contributed by atoms with Crippen molar-refractivity contribution < 1.29 is 8.42 Å². The van der Waals surface area contributed by atoms with Crippen LogP contribution in [0.3, 0.4) is 0 Å². The number of sulfone groups is 1. The lowest BCUT2D eigenvalue weighted by molar-refractivity contribution is 0.564. The van der Waals surface area contributed by atoms with E-state index in [1.54, 1.807) is 6.92 Å². The zero-order valence-electron chi connectivity index (χ0n) is 8.79. The third-order valence-electron chi connectivity index (χ3n) is 2.28. The second kappa shape index (κ2) is 5.60. The van der Waals surface area contributed by atoms with Crippen molar-refractivity contribution in [3.8, 4) is 0 Å². The molecule has 80 valence electrons. The fourth-order valence-corrected chi connectivity index (χ4v) is 2.92. The molecule has 0 bridgehead atoms. The molecule has 0 spiro atoms. The normalized spacial score (nSPS) is 16.9. The first-order valence-corrected chi connectivity index (χ1v) is 6.62. The lowest BCUT2D eigenvalue weighted by Gasteiger charge is -2.14. The van der Waals surface area contributed by atoms with E-state index < -0.39 is 9.84 Å². The summed E-state index contributed by atoms with van der Waals surface area (Å²) in [5, 5.41) is -0.241. The van der Waals surface area contributed by atoms with Gasteiger partial charge in [-0.05, 0) is 19.8 Å². The highest BCUT2D eigenvalue weighted by molar-refractivity contribution is 7.92. The van der Waals surface area contributed by atoms with Gasteiger partial charge in [0.05, 0.1) is 11.0 Å². The van der Waals surface area contributed by atoms with E-state index in [9.17, 15) is 8.42 Å². The van der Waals surface area contributed by atoms with Crippen molar-refractivity contribution in [3.63, 3.8) is 0 Å². The molecule has 0 aliphatic carbocycles. The second-order valence-corrected chi connectivity index (χ2v) is 6.06. The Bertz CT molecular complexity index is 224. The number of rotatable bonds is 6. The summed E-state index contributed by atoms with van der Waals surface area (Å²) < 4.78 is 23.2. The standard InChI is InChI=1S/C9H21NO2S/c1-4-6-8(3)13(11,12)7-9(10)5-2/h8-9H,4-7,10H2,1-3H3. The average Bonchev–Trinajstić information content (AvgIpc) is 2.04. The van der Waals surface area contributed by atoms with Gasteiger partial charge in [-0.3, -0.25) is 0 Å². The van der Waals surface area contributed by atoms with Crippen LogP contribution in [0.5, 0.6) is 0 Å². The molecule has 13 heavy (non-hydrogen) atoms. The van der Waals surface area contributed by atoms with Gasteiger partial charge in [0.15, 0.2) is 9.84 Å². The summed E-state index contributed by atoms with van der Waals surface area (Å²) in [4.78, 5) is 0. The average molecular weight is 207 g/mol. The molecule has 0 aliphatic rings. The van der Waals surface area contributed by atoms with E-state index in [1.807, 2.05) is 13.8 Å². The maximum absolute atomic E-state index is 11.6. The molecule has 3 nitrogen and oxygen atoms in total. The Kier molecular flexibility index (Phi) is 5.56. The number of hydrogen-bond donors (Lipinski definition) is 1. The van der Waals surface area contributed by atoms with Gasteiger partial charge in [0, 0.05) is 6.04 Å². The van der Waals surface area contributed by atoms with E-state index in [2.05, 4.69) is 0 Å². The van der Waals surface area contributed by atoms with E-state index in [1.165, 1.54) is 0 Å². The molecule has 0 aliphatic heterocycles. The summed E-state index contributed by atoms with van der Waals surface area (Å²) in [6.45, 7) is 5.66. The van der Waals surface area contributed by atoms with Crippen molar-refractivity contribution in [2.24, 2.45) is 5.73 Å². The maximum atomic E-state index is 11.6. The molecule has 2 N–H and O–H groups in total. The molecule has 4 heteroatoms. The van der Waals surface area contributed by atoms with Crippen LogP contribution in [0.25, 0.3) is 0 Å². The Hall–Kier alpha value is -0.0900. The van der Waals surface area contributed by atoms with Crippen molar-refractivity contribution in [1.82, 2.24) is 0 Å². The minimum absolute atomic E-state index is 0.130. The van der Waals surface area contributed by atoms with Gasteiger partial charge in [-0.2, -0.15) is 0 Å². The van der Waals surface area contributed by atoms with Crippen LogP contribution in [0.4, 0.5) is 0 Å². The quantitative estimate of drug-likeness (QED) is 0.714. The molecule has 0 aromatic carbocycles. The predicted octanol–water partition coefficient (Wildman–Crippen LogP) is 1.33. The molecule has 2 unspecified atom stereocenters. The molecule has 2 atom stereocenters. The third-order valence-corrected chi connectivity index (χ3v) is 4.63. The van der Waals surface area contributed by atoms with Crippen LogP contribution in [0, 0.1) is 0 Å². The van der Waals surface area contributed by atoms with E-state index in [0.29, 0.717) is 0 Å². The van der Waals surface area contributed by atoms with Gasteiger partial charge in [0.2, 0.25) is 0 Å². The van der Waals surface area contributed by atoms with Crippen molar-refractivity contribution in [1.29, 1.82) is 0 Å². The molecule has 0 saturated heterocycles. The minimum atomic E-state index is -2.96. The second-order valence-electron chi connectivity index (χ2n) is 3.60. The van der Waals surface area contributed by atoms with E-state index in [-0.39, 0.29) is 17.0 Å². The van der Waals surface area contributed by atoms with Gasteiger partial charge in [-0.1, -0.05) is 20.3 Å². The smallest absolute Gasteiger partial charge is 0.154 e. The highest BCUT2D eigenvalue weighted by Gasteiger charge is 2.21. The summed E-state index contributed by atoms with van der Waals surface area (Å²) in [5.41, 5.74) is 5.61. The lowest BCUT2D eigenvalue weighted by atomic mass is 10.3. The SMILES string of the molecule is CCCC(C)S(=O)(=O)CC(N)CC. The monoisotopic (exact) mass is 207 g/mol. The van der Waals surface area contributed by atoms with Crippen molar-refractivity contribution >= 4 is 9.84 Å². The van der Waals surface area contributed by atoms with Crippen LogP contribution in [0.2, 0.25) is 0 Å². The van der Waals surface area contributed by atoms with E-state index in [4.69, 9.17) is 5.73 Å². The van der Waals surface area contributed by atoms with Crippen LogP contribution < -0.4 is 5.73 Å². The molecule has 0 saturated carbocycles. The Morgan fingerprint density at radius 3 is 2.23 bits per heavy atom. The van der Waals surface area contributed by atoms with Gasteiger partial charge in [0.25, 0.3) is 0 Å². The van der Waals surface area contributed by atoms with Crippen molar-refractivity contribution in [2.45, 2.75) is 51.3 Å². The Morgan fingerprint density at radius 2 is 1.85 bits per heavy atom. The molecule has 0 heterocycles. The maximum Gasteiger partial charge on any atom is 0.154 e. The van der Waals surface area contributed by atoms with Gasteiger partial charge in [-0.25, -0.2) is 8.42 Å². The molecule has 0 amide bonds. The van der Waals surface area contributed by atoms with Crippen LogP contribution in [0.1, 0.15) is 40.0 Å². The number of nitrogens with two attached hydrogens (primary N) is 1. The van der Waals surface area contributed by atoms with Gasteiger partial charge in [-0.15, -0.1) is 0 Å². The highest BCUT2D eigenvalue weighted by atomic mass is 32.2. The molecule has 0 aromatic heterocycles. The summed E-state index contributed by atoms with van der Waals surface area (Å²) in [7, 11) is -2.96. The van der Waals surface area contributed by atoms with Gasteiger partial charge < -0.3 is 5.73 Å². The summed E-state index contributed by atoms with van der Waals surface area (Å²) in [6.07, 6.45) is 2.36. The molecule has 0 rings (SSSR count). The fourth-order valence-electron chi connectivity index (χ4n) is 1.17.